The molecule has 0 aromatic carbocycles. The molecule has 3 saturated heterocycles. The van der Waals surface area contributed by atoms with Crippen molar-refractivity contribution in [2.75, 3.05) is 56.5 Å². The Balaban J connectivity index is 1.07. The first-order valence-electron chi connectivity index (χ1n) is 14.6. The first-order chi connectivity index (χ1) is 17.9. The van der Waals surface area contributed by atoms with E-state index in [1.807, 2.05) is 23.2 Å². The van der Waals surface area contributed by atoms with E-state index in [2.05, 4.69) is 39.7 Å². The normalized spacial score (nSPS) is 32.8. The van der Waals surface area contributed by atoms with E-state index in [1.54, 1.807) is 0 Å². The van der Waals surface area contributed by atoms with Crippen molar-refractivity contribution in [3.8, 4) is 0 Å². The smallest absolute Gasteiger partial charge is 0.224 e. The number of aromatic nitrogens is 2. The van der Waals surface area contributed by atoms with Gasteiger partial charge in [0.05, 0.1) is 0 Å². The topological polar surface area (TPSA) is 67.8 Å². The maximum atomic E-state index is 12.3. The number of carbonyl (C=O) groups excluding carboxylic acids is 1. The summed E-state index contributed by atoms with van der Waals surface area (Å²) in [6, 6.07) is 0.617. The minimum Gasteiger partial charge on any atom is -0.351 e. The molecule has 2 saturated carbocycles. The second-order valence-corrected chi connectivity index (χ2v) is 14.2. The largest absolute Gasteiger partial charge is 0.351 e. The molecule has 9 heteroatoms. The van der Waals surface area contributed by atoms with E-state index in [1.165, 1.54) is 51.9 Å². The number of hydrogen-bond acceptors (Lipinski definition) is 8. The molecule has 0 radical (unpaired) electrons. The third-order valence-electron chi connectivity index (χ3n) is 10.0. The monoisotopic (exact) mass is 527 g/mol. The van der Waals surface area contributed by atoms with E-state index in [-0.39, 0.29) is 11.5 Å². The summed E-state index contributed by atoms with van der Waals surface area (Å²) >= 11 is 1.98. The van der Waals surface area contributed by atoms with Gasteiger partial charge in [0.1, 0.15) is 5.82 Å². The molecule has 0 bridgehead atoms. The highest BCUT2D eigenvalue weighted by Crippen LogP contribution is 2.51. The van der Waals surface area contributed by atoms with Crippen LogP contribution in [0.2, 0.25) is 0 Å². The molecule has 1 aromatic rings. The van der Waals surface area contributed by atoms with E-state index in [0.717, 1.165) is 63.0 Å². The molecule has 1 N–H and O–H groups in total. The number of piperidine rings is 1. The van der Waals surface area contributed by atoms with Crippen molar-refractivity contribution in [1.29, 1.82) is 0 Å². The lowest BCUT2D eigenvalue weighted by atomic mass is 9.87. The van der Waals surface area contributed by atoms with Gasteiger partial charge in [-0.15, -0.1) is 0 Å². The SMILES string of the molecule is CC1CCCC1N(C=O)c1nc(NC2CCN(SN3CCC4(CCN(C)C4)C3)CC2)ncc1C1(C)CC1. The molecule has 8 nitrogen and oxygen atoms in total. The van der Waals surface area contributed by atoms with Gasteiger partial charge in [-0.05, 0) is 81.7 Å². The van der Waals surface area contributed by atoms with Crippen LogP contribution in [0.4, 0.5) is 11.8 Å². The molecule has 1 aromatic heterocycles. The maximum Gasteiger partial charge on any atom is 0.224 e. The fourth-order valence-electron chi connectivity index (χ4n) is 7.23. The molecule has 3 atom stereocenters. The molecule has 6 rings (SSSR count). The molecule has 2 aliphatic carbocycles. The molecule has 37 heavy (non-hydrogen) atoms. The van der Waals surface area contributed by atoms with Gasteiger partial charge < -0.3 is 10.2 Å². The number of likely N-dealkylation sites (tertiary alicyclic amines) is 1. The zero-order valence-corrected chi connectivity index (χ0v) is 23.8. The Kier molecular flexibility index (Phi) is 7.18. The van der Waals surface area contributed by atoms with Gasteiger partial charge >= 0.3 is 0 Å². The van der Waals surface area contributed by atoms with Crippen LogP contribution in [0.5, 0.6) is 0 Å². The van der Waals surface area contributed by atoms with Crippen molar-refractivity contribution in [3.63, 3.8) is 0 Å². The lowest BCUT2D eigenvalue weighted by molar-refractivity contribution is -0.108. The maximum absolute atomic E-state index is 12.3. The summed E-state index contributed by atoms with van der Waals surface area (Å²) in [4.78, 5) is 26.6. The van der Waals surface area contributed by atoms with Gasteiger partial charge in [-0.2, -0.15) is 4.98 Å². The van der Waals surface area contributed by atoms with Gasteiger partial charge in [-0.3, -0.25) is 9.69 Å². The zero-order valence-electron chi connectivity index (χ0n) is 23.0. The van der Waals surface area contributed by atoms with Gasteiger partial charge in [-0.25, -0.2) is 13.6 Å². The summed E-state index contributed by atoms with van der Waals surface area (Å²) in [7, 11) is 2.26. The van der Waals surface area contributed by atoms with Gasteiger partial charge in [0.2, 0.25) is 12.4 Å². The second kappa shape index (κ2) is 10.3. The summed E-state index contributed by atoms with van der Waals surface area (Å²) in [5.74, 6) is 2.04. The predicted molar refractivity (Wildman–Crippen MR) is 151 cm³/mol. The molecule has 1 spiro atoms. The van der Waals surface area contributed by atoms with Crippen molar-refractivity contribution in [2.24, 2.45) is 11.3 Å². The van der Waals surface area contributed by atoms with Gasteiger partial charge in [0, 0.05) is 68.7 Å². The van der Waals surface area contributed by atoms with E-state index < -0.39 is 0 Å². The summed E-state index contributed by atoms with van der Waals surface area (Å²) in [5.41, 5.74) is 1.79. The molecule has 204 valence electrons. The van der Waals surface area contributed by atoms with E-state index in [4.69, 9.17) is 9.97 Å². The molecule has 5 aliphatic rings. The summed E-state index contributed by atoms with van der Waals surface area (Å²) in [5, 5.41) is 3.64. The molecule has 4 heterocycles. The van der Waals surface area contributed by atoms with Crippen LogP contribution < -0.4 is 10.2 Å². The minimum atomic E-state index is 0.113. The average Bonchev–Trinajstić information content (AvgIpc) is 3.17. The Morgan fingerprint density at radius 1 is 1.05 bits per heavy atom. The van der Waals surface area contributed by atoms with Crippen LogP contribution >= 0.6 is 12.1 Å². The highest BCUT2D eigenvalue weighted by molar-refractivity contribution is 7.94. The minimum absolute atomic E-state index is 0.113. The first-order valence-corrected chi connectivity index (χ1v) is 15.3. The van der Waals surface area contributed by atoms with Crippen LogP contribution in [0.25, 0.3) is 0 Å². The number of carbonyl (C=O) groups is 1. The first kappa shape index (κ1) is 25.8. The van der Waals surface area contributed by atoms with Crippen LogP contribution in [-0.2, 0) is 10.2 Å². The quantitative estimate of drug-likeness (QED) is 0.400. The van der Waals surface area contributed by atoms with Crippen molar-refractivity contribution in [3.05, 3.63) is 11.8 Å². The number of anilines is 2. The molecule has 3 unspecified atom stereocenters. The standard InChI is InChI=1S/C28H45N7OS/c1-21-5-4-6-24(21)35(20-36)25-23(27(2)9-10-27)17-29-26(31-25)30-22-7-13-33(14-8-22)37-34-16-12-28(19-34)11-15-32(3)18-28/h17,20-22,24H,4-16,18-19H2,1-3H3,(H,29,30,31). The second-order valence-electron chi connectivity index (χ2n) is 13.0. The highest BCUT2D eigenvalue weighted by Gasteiger charge is 2.45. The fourth-order valence-corrected chi connectivity index (χ4v) is 8.43. The Morgan fingerprint density at radius 3 is 2.49 bits per heavy atom. The average molecular weight is 528 g/mol. The fraction of sp³-hybridized carbons (Fsp3) is 0.821. The molecule has 1 amide bonds. The van der Waals surface area contributed by atoms with E-state index in [9.17, 15) is 4.79 Å². The molecule has 5 fully saturated rings. The van der Waals surface area contributed by atoms with Crippen LogP contribution in [-0.4, -0.2) is 88.3 Å². The third kappa shape index (κ3) is 5.38. The lowest BCUT2D eigenvalue weighted by Gasteiger charge is -2.34. The van der Waals surface area contributed by atoms with Crippen molar-refractivity contribution in [1.82, 2.24) is 23.5 Å². The van der Waals surface area contributed by atoms with Crippen molar-refractivity contribution >= 4 is 30.3 Å². The summed E-state index contributed by atoms with van der Waals surface area (Å²) in [6.07, 6.45) is 13.6. The molecular formula is C28H45N7OS. The summed E-state index contributed by atoms with van der Waals surface area (Å²) in [6.45, 7) is 11.7. The van der Waals surface area contributed by atoms with Crippen LogP contribution in [0.3, 0.4) is 0 Å². The highest BCUT2D eigenvalue weighted by atomic mass is 32.2. The van der Waals surface area contributed by atoms with Crippen molar-refractivity contribution in [2.45, 2.75) is 89.1 Å². The summed E-state index contributed by atoms with van der Waals surface area (Å²) < 4.78 is 5.16. The number of nitrogens with zero attached hydrogens (tertiary/aromatic N) is 6. The van der Waals surface area contributed by atoms with Gasteiger partial charge in [0.15, 0.2) is 0 Å². The number of nitrogens with one attached hydrogen (secondary N) is 1. The Labute approximate surface area is 227 Å². The Hall–Kier alpha value is -1.42. The van der Waals surface area contributed by atoms with E-state index >= 15 is 0 Å². The Bertz CT molecular complexity index is 981. The zero-order chi connectivity index (χ0) is 25.6. The van der Waals surface area contributed by atoms with Crippen LogP contribution in [0.15, 0.2) is 6.20 Å². The Morgan fingerprint density at radius 2 is 1.84 bits per heavy atom. The predicted octanol–water partition coefficient (Wildman–Crippen LogP) is 4.15. The van der Waals surface area contributed by atoms with Crippen molar-refractivity contribution < 1.29 is 4.79 Å². The lowest BCUT2D eigenvalue weighted by Crippen LogP contribution is -2.39. The van der Waals surface area contributed by atoms with Crippen LogP contribution in [0, 0.1) is 11.3 Å². The molecular weight excluding hydrogens is 482 g/mol. The van der Waals surface area contributed by atoms with E-state index in [0.29, 0.717) is 23.3 Å². The number of rotatable bonds is 8. The number of amides is 1. The number of hydrogen-bond donors (Lipinski definition) is 1. The van der Waals surface area contributed by atoms with Gasteiger partial charge in [0.25, 0.3) is 0 Å². The molecule has 3 aliphatic heterocycles. The van der Waals surface area contributed by atoms with Crippen LogP contribution in [0.1, 0.15) is 77.2 Å². The third-order valence-corrected chi connectivity index (χ3v) is 11.1. The van der Waals surface area contributed by atoms with Gasteiger partial charge in [-0.1, -0.05) is 20.3 Å².